The summed E-state index contributed by atoms with van der Waals surface area (Å²) in [7, 11) is -3.64. The first-order valence-electron chi connectivity index (χ1n) is 8.27. The number of hydrogen-bond donors (Lipinski definition) is 1. The molecule has 0 radical (unpaired) electrons. The van der Waals surface area contributed by atoms with E-state index in [1.807, 2.05) is 49.4 Å². The number of rotatable bonds is 6. The maximum absolute atomic E-state index is 12.6. The average Bonchev–Trinajstić information content (AvgIpc) is 2.64. The quantitative estimate of drug-likeness (QED) is 0.659. The molecule has 0 aliphatic carbocycles. The van der Waals surface area contributed by atoms with E-state index in [2.05, 4.69) is 9.71 Å². The monoisotopic (exact) mass is 364 g/mol. The molecule has 26 heavy (non-hydrogen) atoms. The molecule has 4 nitrogen and oxygen atoms in total. The van der Waals surface area contributed by atoms with Gasteiger partial charge >= 0.3 is 0 Å². The Labute approximate surface area is 154 Å². The van der Waals surface area contributed by atoms with E-state index >= 15 is 0 Å². The van der Waals surface area contributed by atoms with Gasteiger partial charge in [-0.2, -0.15) is 0 Å². The molecule has 0 saturated heterocycles. The zero-order chi connectivity index (χ0) is 18.4. The zero-order valence-electron chi connectivity index (χ0n) is 14.5. The fourth-order valence-electron chi connectivity index (χ4n) is 2.46. The maximum Gasteiger partial charge on any atom is 0.261 e. The van der Waals surface area contributed by atoms with Gasteiger partial charge in [0, 0.05) is 11.8 Å². The summed E-state index contributed by atoms with van der Waals surface area (Å²) in [5.74, 6) is 0. The van der Waals surface area contributed by atoms with Gasteiger partial charge in [-0.05, 0) is 30.7 Å². The first-order valence-corrected chi connectivity index (χ1v) is 9.75. The largest absolute Gasteiger partial charge is 0.288 e. The number of nitrogens with one attached hydrogen (secondary N) is 1. The van der Waals surface area contributed by atoms with Crippen molar-refractivity contribution < 1.29 is 8.42 Å². The van der Waals surface area contributed by atoms with Gasteiger partial charge in [0.1, 0.15) is 0 Å². The first-order chi connectivity index (χ1) is 12.5. The lowest BCUT2D eigenvalue weighted by atomic mass is 10.2. The second-order valence-corrected chi connectivity index (χ2v) is 7.64. The molecule has 3 rings (SSSR count). The number of aliphatic imine (C=N–C) groups is 1. The van der Waals surface area contributed by atoms with Crippen LogP contribution in [0.5, 0.6) is 0 Å². The summed E-state index contributed by atoms with van der Waals surface area (Å²) in [6, 6.07) is 23.9. The smallest absolute Gasteiger partial charge is 0.261 e. The normalized spacial score (nSPS) is 11.6. The SMILES string of the molecule is Cc1ccc(S(=O)(=O)Nc2ccccc2C=NCc2ccccc2)cc1. The fraction of sp³-hybridized carbons (Fsp3) is 0.0952. The van der Waals surface area contributed by atoms with Crippen LogP contribution in [0.2, 0.25) is 0 Å². The fourth-order valence-corrected chi connectivity index (χ4v) is 3.54. The van der Waals surface area contributed by atoms with Crippen molar-refractivity contribution in [3.63, 3.8) is 0 Å². The van der Waals surface area contributed by atoms with Crippen molar-refractivity contribution in [2.45, 2.75) is 18.4 Å². The van der Waals surface area contributed by atoms with Crippen LogP contribution in [0.25, 0.3) is 0 Å². The number of anilines is 1. The third-order valence-electron chi connectivity index (χ3n) is 3.88. The van der Waals surface area contributed by atoms with E-state index in [1.54, 1.807) is 42.6 Å². The molecule has 0 amide bonds. The van der Waals surface area contributed by atoms with E-state index in [0.717, 1.165) is 16.7 Å². The van der Waals surface area contributed by atoms with Gasteiger partial charge in [-0.3, -0.25) is 9.71 Å². The minimum absolute atomic E-state index is 0.235. The molecule has 0 saturated carbocycles. The van der Waals surface area contributed by atoms with Gasteiger partial charge in [-0.1, -0.05) is 66.2 Å². The van der Waals surface area contributed by atoms with E-state index in [-0.39, 0.29) is 4.90 Å². The highest BCUT2D eigenvalue weighted by Crippen LogP contribution is 2.19. The van der Waals surface area contributed by atoms with E-state index in [0.29, 0.717) is 12.2 Å². The molecule has 0 aromatic heterocycles. The van der Waals surface area contributed by atoms with Crippen molar-refractivity contribution in [3.8, 4) is 0 Å². The molecule has 0 bridgehead atoms. The second-order valence-electron chi connectivity index (χ2n) is 5.96. The molecule has 0 unspecified atom stereocenters. The lowest BCUT2D eigenvalue weighted by Gasteiger charge is -2.10. The van der Waals surface area contributed by atoms with Crippen molar-refractivity contribution in [3.05, 3.63) is 95.6 Å². The summed E-state index contributed by atoms with van der Waals surface area (Å²) < 4.78 is 27.9. The van der Waals surface area contributed by atoms with Gasteiger partial charge in [-0.25, -0.2) is 8.42 Å². The molecule has 0 spiro atoms. The van der Waals surface area contributed by atoms with Crippen LogP contribution in [-0.4, -0.2) is 14.6 Å². The summed E-state index contributed by atoms with van der Waals surface area (Å²) >= 11 is 0. The predicted octanol–water partition coefficient (Wildman–Crippen LogP) is 4.41. The van der Waals surface area contributed by atoms with Crippen LogP contribution in [0.3, 0.4) is 0 Å². The van der Waals surface area contributed by atoms with Crippen LogP contribution in [0.15, 0.2) is 88.8 Å². The Morgan fingerprint density at radius 2 is 1.54 bits per heavy atom. The van der Waals surface area contributed by atoms with E-state index in [4.69, 9.17) is 0 Å². The van der Waals surface area contributed by atoms with Crippen molar-refractivity contribution in [1.82, 2.24) is 0 Å². The van der Waals surface area contributed by atoms with Crippen LogP contribution >= 0.6 is 0 Å². The minimum atomic E-state index is -3.64. The number of nitrogens with zero attached hydrogens (tertiary/aromatic N) is 1. The Balaban J connectivity index is 1.79. The Bertz CT molecular complexity index is 996. The van der Waals surface area contributed by atoms with Gasteiger partial charge in [0.05, 0.1) is 17.1 Å². The highest BCUT2D eigenvalue weighted by Gasteiger charge is 2.15. The molecule has 0 atom stereocenters. The van der Waals surface area contributed by atoms with E-state index in [1.165, 1.54) is 0 Å². The number of para-hydroxylation sites is 1. The van der Waals surface area contributed by atoms with Crippen LogP contribution in [0, 0.1) is 6.92 Å². The number of benzene rings is 3. The molecule has 132 valence electrons. The van der Waals surface area contributed by atoms with Gasteiger partial charge in [-0.15, -0.1) is 0 Å². The number of aryl methyl sites for hydroxylation is 1. The van der Waals surface area contributed by atoms with Crippen LogP contribution in [0.1, 0.15) is 16.7 Å². The molecule has 0 heterocycles. The lowest BCUT2D eigenvalue weighted by Crippen LogP contribution is -2.14. The second kappa shape index (κ2) is 7.97. The van der Waals surface area contributed by atoms with E-state index < -0.39 is 10.0 Å². The Morgan fingerprint density at radius 3 is 2.27 bits per heavy atom. The molecule has 0 fully saturated rings. The number of hydrogen-bond acceptors (Lipinski definition) is 3. The molecule has 0 aliphatic heterocycles. The summed E-state index contributed by atoms with van der Waals surface area (Å²) in [4.78, 5) is 4.66. The van der Waals surface area contributed by atoms with Crippen molar-refractivity contribution >= 4 is 21.9 Å². The highest BCUT2D eigenvalue weighted by atomic mass is 32.2. The maximum atomic E-state index is 12.6. The number of sulfonamides is 1. The average molecular weight is 364 g/mol. The van der Waals surface area contributed by atoms with Crippen molar-refractivity contribution in [2.75, 3.05) is 4.72 Å². The topological polar surface area (TPSA) is 58.5 Å². The minimum Gasteiger partial charge on any atom is -0.288 e. The standard InChI is InChI=1S/C21H20N2O2S/c1-17-11-13-20(14-12-17)26(24,25)23-21-10-6-5-9-19(21)16-22-15-18-7-3-2-4-8-18/h2-14,16,23H,15H2,1H3. The lowest BCUT2D eigenvalue weighted by molar-refractivity contribution is 0.601. The first kappa shape index (κ1) is 17.9. The highest BCUT2D eigenvalue weighted by molar-refractivity contribution is 7.92. The third-order valence-corrected chi connectivity index (χ3v) is 5.26. The Kier molecular flexibility index (Phi) is 5.49. The summed E-state index contributed by atoms with van der Waals surface area (Å²) in [5, 5.41) is 0. The Morgan fingerprint density at radius 1 is 0.885 bits per heavy atom. The van der Waals surface area contributed by atoms with Gasteiger partial charge in [0.15, 0.2) is 0 Å². The van der Waals surface area contributed by atoms with Crippen LogP contribution in [0.4, 0.5) is 5.69 Å². The van der Waals surface area contributed by atoms with Gasteiger partial charge in [0.25, 0.3) is 10.0 Å². The molecule has 3 aromatic rings. The van der Waals surface area contributed by atoms with Crippen LogP contribution < -0.4 is 4.72 Å². The molecule has 5 heteroatoms. The summed E-state index contributed by atoms with van der Waals surface area (Å²) in [5.41, 5.74) is 3.34. The molecule has 0 aliphatic rings. The van der Waals surface area contributed by atoms with Crippen molar-refractivity contribution in [2.24, 2.45) is 4.99 Å². The van der Waals surface area contributed by atoms with Gasteiger partial charge in [0.2, 0.25) is 0 Å². The molecule has 3 aromatic carbocycles. The van der Waals surface area contributed by atoms with Gasteiger partial charge < -0.3 is 0 Å². The summed E-state index contributed by atoms with van der Waals surface area (Å²) in [6.07, 6.45) is 1.69. The Hall–Kier alpha value is -2.92. The summed E-state index contributed by atoms with van der Waals surface area (Å²) in [6.45, 7) is 2.46. The third kappa shape index (κ3) is 4.58. The van der Waals surface area contributed by atoms with Crippen molar-refractivity contribution in [1.29, 1.82) is 0 Å². The zero-order valence-corrected chi connectivity index (χ0v) is 15.3. The predicted molar refractivity (Wildman–Crippen MR) is 106 cm³/mol. The molecular weight excluding hydrogens is 344 g/mol. The molecule has 1 N–H and O–H groups in total. The van der Waals surface area contributed by atoms with Crippen LogP contribution in [-0.2, 0) is 16.6 Å². The van der Waals surface area contributed by atoms with E-state index in [9.17, 15) is 8.42 Å². The molecular formula is C21H20N2O2S.